The first-order chi connectivity index (χ1) is 7.69. The van der Waals surface area contributed by atoms with Crippen LogP contribution in [0.3, 0.4) is 0 Å². The van der Waals surface area contributed by atoms with Gasteiger partial charge in [0.05, 0.1) is 0 Å². The van der Waals surface area contributed by atoms with Gasteiger partial charge in [-0.3, -0.25) is 0 Å². The van der Waals surface area contributed by atoms with Crippen LogP contribution in [-0.2, 0) is 6.42 Å². The summed E-state index contributed by atoms with van der Waals surface area (Å²) in [4.78, 5) is 0. The molecule has 0 aliphatic rings. The maximum Gasteiger partial charge on any atom is 0.247 e. The number of alkyl halides is 1. The van der Waals surface area contributed by atoms with Crippen LogP contribution in [0, 0.1) is 6.92 Å². The van der Waals surface area contributed by atoms with Crippen molar-refractivity contribution >= 4 is 23.2 Å². The Labute approximate surface area is 103 Å². The van der Waals surface area contributed by atoms with E-state index in [0.29, 0.717) is 29.1 Å². The molecule has 2 rings (SSSR count). The molecule has 0 spiro atoms. The molecule has 0 amide bonds. The van der Waals surface area contributed by atoms with Crippen molar-refractivity contribution in [1.29, 1.82) is 0 Å². The van der Waals surface area contributed by atoms with Gasteiger partial charge in [-0.15, -0.1) is 21.8 Å². The third-order valence-electron chi connectivity index (χ3n) is 2.06. The minimum absolute atomic E-state index is 0.468. The van der Waals surface area contributed by atoms with Crippen LogP contribution in [0.2, 0.25) is 5.02 Å². The second-order valence-electron chi connectivity index (χ2n) is 3.46. The summed E-state index contributed by atoms with van der Waals surface area (Å²) in [5, 5.41) is 8.51. The molecule has 0 unspecified atom stereocenters. The molecule has 0 bridgehead atoms. The molecule has 0 saturated heterocycles. The van der Waals surface area contributed by atoms with E-state index in [0.717, 1.165) is 11.1 Å². The van der Waals surface area contributed by atoms with Crippen LogP contribution in [0.15, 0.2) is 22.6 Å². The SMILES string of the molecule is Cc1cc(Cl)cc(-c2nnc(CCCl)o2)c1. The van der Waals surface area contributed by atoms with Crippen molar-refractivity contribution in [1.82, 2.24) is 10.2 Å². The lowest BCUT2D eigenvalue weighted by molar-refractivity contribution is 0.513. The average Bonchev–Trinajstić information content (AvgIpc) is 2.65. The molecule has 1 aromatic heterocycles. The lowest BCUT2D eigenvalue weighted by atomic mass is 10.1. The van der Waals surface area contributed by atoms with Crippen molar-refractivity contribution < 1.29 is 4.42 Å². The molecule has 0 fully saturated rings. The van der Waals surface area contributed by atoms with E-state index in [9.17, 15) is 0 Å². The molecule has 84 valence electrons. The minimum Gasteiger partial charge on any atom is -0.421 e. The molecule has 1 aromatic carbocycles. The topological polar surface area (TPSA) is 38.9 Å². The zero-order chi connectivity index (χ0) is 11.5. The van der Waals surface area contributed by atoms with Gasteiger partial charge in [-0.05, 0) is 30.7 Å². The van der Waals surface area contributed by atoms with E-state index in [4.69, 9.17) is 27.6 Å². The van der Waals surface area contributed by atoms with Crippen LogP contribution in [0.5, 0.6) is 0 Å². The first-order valence-electron chi connectivity index (χ1n) is 4.85. The Morgan fingerprint density at radius 2 is 2.06 bits per heavy atom. The third kappa shape index (κ3) is 2.54. The van der Waals surface area contributed by atoms with E-state index >= 15 is 0 Å². The number of aromatic nitrogens is 2. The molecule has 0 atom stereocenters. The molecular weight excluding hydrogens is 247 g/mol. The van der Waals surface area contributed by atoms with Crippen molar-refractivity contribution in [3.63, 3.8) is 0 Å². The predicted octanol–water partition coefficient (Wildman–Crippen LogP) is 3.48. The number of hydrogen-bond acceptors (Lipinski definition) is 3. The number of aryl methyl sites for hydroxylation is 2. The average molecular weight is 257 g/mol. The van der Waals surface area contributed by atoms with E-state index in [1.807, 2.05) is 19.1 Å². The molecule has 0 aliphatic heterocycles. The summed E-state index contributed by atoms with van der Waals surface area (Å²) in [5.41, 5.74) is 1.89. The second-order valence-corrected chi connectivity index (χ2v) is 4.27. The number of nitrogens with zero attached hydrogens (tertiary/aromatic N) is 2. The number of benzene rings is 1. The van der Waals surface area contributed by atoms with Gasteiger partial charge in [0, 0.05) is 22.9 Å². The van der Waals surface area contributed by atoms with Crippen LogP contribution < -0.4 is 0 Å². The van der Waals surface area contributed by atoms with E-state index in [2.05, 4.69) is 10.2 Å². The maximum absolute atomic E-state index is 5.96. The third-order valence-corrected chi connectivity index (χ3v) is 2.47. The highest BCUT2D eigenvalue weighted by molar-refractivity contribution is 6.30. The Hall–Kier alpha value is -1.06. The van der Waals surface area contributed by atoms with Crippen molar-refractivity contribution in [3.05, 3.63) is 34.7 Å². The van der Waals surface area contributed by atoms with Crippen molar-refractivity contribution in [2.45, 2.75) is 13.3 Å². The zero-order valence-electron chi connectivity index (χ0n) is 8.70. The molecule has 0 radical (unpaired) electrons. The number of halogens is 2. The van der Waals surface area contributed by atoms with Crippen molar-refractivity contribution in [2.75, 3.05) is 5.88 Å². The fourth-order valence-electron chi connectivity index (χ4n) is 1.41. The van der Waals surface area contributed by atoms with Gasteiger partial charge in [0.2, 0.25) is 11.8 Å². The summed E-state index contributed by atoms with van der Waals surface area (Å²) >= 11 is 11.5. The lowest BCUT2D eigenvalue weighted by Crippen LogP contribution is -1.84. The maximum atomic E-state index is 5.96. The fraction of sp³-hybridized carbons (Fsp3) is 0.273. The largest absolute Gasteiger partial charge is 0.421 e. The Kier molecular flexibility index (Phi) is 3.46. The fourth-order valence-corrected chi connectivity index (χ4v) is 1.86. The Morgan fingerprint density at radius 3 is 2.75 bits per heavy atom. The van der Waals surface area contributed by atoms with Gasteiger partial charge in [0.1, 0.15) is 0 Å². The quantitative estimate of drug-likeness (QED) is 0.790. The standard InChI is InChI=1S/C11H10Cl2N2O/c1-7-4-8(6-9(13)5-7)11-15-14-10(16-11)2-3-12/h4-6H,2-3H2,1H3. The van der Waals surface area contributed by atoms with E-state index < -0.39 is 0 Å². The number of rotatable bonds is 3. The van der Waals surface area contributed by atoms with Gasteiger partial charge in [-0.1, -0.05) is 11.6 Å². The lowest BCUT2D eigenvalue weighted by Gasteiger charge is -1.98. The molecule has 0 N–H and O–H groups in total. The molecule has 0 saturated carbocycles. The van der Waals surface area contributed by atoms with E-state index in [-0.39, 0.29) is 0 Å². The molecule has 5 heteroatoms. The van der Waals surface area contributed by atoms with Gasteiger partial charge in [0.15, 0.2) is 0 Å². The summed E-state index contributed by atoms with van der Waals surface area (Å²) in [6.45, 7) is 1.96. The summed E-state index contributed by atoms with van der Waals surface area (Å²) in [6.07, 6.45) is 0.577. The van der Waals surface area contributed by atoms with Crippen LogP contribution in [0.25, 0.3) is 11.5 Å². The van der Waals surface area contributed by atoms with Crippen LogP contribution in [0.4, 0.5) is 0 Å². The first-order valence-corrected chi connectivity index (χ1v) is 5.76. The van der Waals surface area contributed by atoms with Crippen LogP contribution in [-0.4, -0.2) is 16.1 Å². The van der Waals surface area contributed by atoms with Gasteiger partial charge in [-0.2, -0.15) is 0 Å². The van der Waals surface area contributed by atoms with Crippen molar-refractivity contribution in [3.8, 4) is 11.5 Å². The second kappa shape index (κ2) is 4.85. The Morgan fingerprint density at radius 1 is 1.25 bits per heavy atom. The monoisotopic (exact) mass is 256 g/mol. The number of hydrogen-bond donors (Lipinski definition) is 0. The van der Waals surface area contributed by atoms with Gasteiger partial charge < -0.3 is 4.42 Å². The molecular formula is C11H10Cl2N2O. The summed E-state index contributed by atoms with van der Waals surface area (Å²) < 4.78 is 5.45. The Balaban J connectivity index is 2.34. The van der Waals surface area contributed by atoms with Gasteiger partial charge in [0.25, 0.3) is 0 Å². The molecule has 0 aliphatic carbocycles. The minimum atomic E-state index is 0.468. The normalized spacial score (nSPS) is 10.7. The summed E-state index contributed by atoms with van der Waals surface area (Å²) in [5.74, 6) is 1.49. The molecule has 16 heavy (non-hydrogen) atoms. The highest BCUT2D eigenvalue weighted by Gasteiger charge is 2.09. The van der Waals surface area contributed by atoms with E-state index in [1.165, 1.54) is 0 Å². The van der Waals surface area contributed by atoms with Gasteiger partial charge in [-0.25, -0.2) is 0 Å². The van der Waals surface area contributed by atoms with E-state index in [1.54, 1.807) is 6.07 Å². The van der Waals surface area contributed by atoms with Gasteiger partial charge >= 0.3 is 0 Å². The Bertz CT molecular complexity index is 476. The first kappa shape index (κ1) is 11.4. The zero-order valence-corrected chi connectivity index (χ0v) is 10.2. The smallest absolute Gasteiger partial charge is 0.247 e. The van der Waals surface area contributed by atoms with Crippen LogP contribution in [0.1, 0.15) is 11.5 Å². The van der Waals surface area contributed by atoms with Crippen molar-refractivity contribution in [2.24, 2.45) is 0 Å². The highest BCUT2D eigenvalue weighted by atomic mass is 35.5. The summed E-state index contributed by atoms with van der Waals surface area (Å²) in [7, 11) is 0. The predicted molar refractivity (Wildman–Crippen MR) is 63.9 cm³/mol. The van der Waals surface area contributed by atoms with Crippen LogP contribution >= 0.6 is 23.2 Å². The highest BCUT2D eigenvalue weighted by Crippen LogP contribution is 2.23. The summed E-state index contributed by atoms with van der Waals surface area (Å²) in [6, 6.07) is 5.62. The molecule has 1 heterocycles. The molecule has 3 nitrogen and oxygen atoms in total. The molecule has 2 aromatic rings.